The molecule has 19 heavy (non-hydrogen) atoms. The van der Waals surface area contributed by atoms with Crippen molar-refractivity contribution in [2.45, 2.75) is 6.04 Å². The molecular weight excluding hydrogens is 240 g/mol. The van der Waals surface area contributed by atoms with Gasteiger partial charge in [0.25, 0.3) is 0 Å². The summed E-state index contributed by atoms with van der Waals surface area (Å²) in [6.07, 6.45) is 1.84. The maximum atomic E-state index is 9.49. The first kappa shape index (κ1) is 11.7. The van der Waals surface area contributed by atoms with Crippen LogP contribution in [0.3, 0.4) is 0 Å². The first-order chi connectivity index (χ1) is 9.36. The number of hydrogen-bond donors (Lipinski definition) is 2. The van der Waals surface area contributed by atoms with Gasteiger partial charge in [-0.25, -0.2) is 4.52 Å². The van der Waals surface area contributed by atoms with Gasteiger partial charge in [-0.1, -0.05) is 36.4 Å². The quantitative estimate of drug-likeness (QED) is 0.746. The van der Waals surface area contributed by atoms with Crippen molar-refractivity contribution >= 4 is 11.6 Å². The molecular formula is C14H14N4O. The van der Waals surface area contributed by atoms with Gasteiger partial charge in [0.05, 0.1) is 12.6 Å². The molecule has 2 aromatic heterocycles. The Kier molecular flexibility index (Phi) is 3.12. The molecule has 0 aliphatic heterocycles. The highest BCUT2D eigenvalue weighted by molar-refractivity contribution is 5.44. The molecule has 1 aromatic carbocycles. The van der Waals surface area contributed by atoms with Crippen LogP contribution in [0.2, 0.25) is 0 Å². The van der Waals surface area contributed by atoms with E-state index in [4.69, 9.17) is 0 Å². The van der Waals surface area contributed by atoms with Gasteiger partial charge < -0.3 is 10.4 Å². The topological polar surface area (TPSA) is 62.5 Å². The number of anilines is 1. The van der Waals surface area contributed by atoms with Crippen LogP contribution in [0.15, 0.2) is 54.7 Å². The number of rotatable bonds is 4. The minimum atomic E-state index is -0.210. The Balaban J connectivity index is 1.86. The van der Waals surface area contributed by atoms with E-state index in [1.165, 1.54) is 0 Å². The highest BCUT2D eigenvalue weighted by Crippen LogP contribution is 2.17. The second-order valence-corrected chi connectivity index (χ2v) is 4.23. The summed E-state index contributed by atoms with van der Waals surface area (Å²) in [6.45, 7) is -0.0143. The number of aliphatic hydroxyl groups excluding tert-OH is 1. The third kappa shape index (κ3) is 2.41. The van der Waals surface area contributed by atoms with E-state index in [1.54, 1.807) is 4.52 Å². The lowest BCUT2D eigenvalue weighted by Gasteiger charge is -2.14. The van der Waals surface area contributed by atoms with Crippen LogP contribution in [-0.2, 0) is 0 Å². The molecule has 0 aliphatic rings. The monoisotopic (exact) mass is 254 g/mol. The van der Waals surface area contributed by atoms with Crippen molar-refractivity contribution in [2.75, 3.05) is 11.9 Å². The van der Waals surface area contributed by atoms with Gasteiger partial charge in [-0.15, -0.1) is 5.10 Å². The van der Waals surface area contributed by atoms with Gasteiger partial charge in [-0.3, -0.25) is 0 Å². The van der Waals surface area contributed by atoms with Gasteiger partial charge in [0, 0.05) is 6.20 Å². The summed E-state index contributed by atoms with van der Waals surface area (Å²) in [5, 5.41) is 16.9. The Labute approximate surface area is 110 Å². The summed E-state index contributed by atoms with van der Waals surface area (Å²) >= 11 is 0. The Morgan fingerprint density at radius 2 is 1.89 bits per heavy atom. The normalized spacial score (nSPS) is 12.5. The Bertz CT molecular complexity index is 632. The van der Waals surface area contributed by atoms with Crippen molar-refractivity contribution in [1.82, 2.24) is 14.6 Å². The molecule has 0 aliphatic carbocycles. The lowest BCUT2D eigenvalue weighted by molar-refractivity contribution is 0.276. The minimum absolute atomic E-state index is 0.0143. The number of pyridine rings is 1. The van der Waals surface area contributed by atoms with Crippen molar-refractivity contribution in [3.8, 4) is 0 Å². The standard InChI is InChI=1S/C14H14N4O/c19-10-12(11-6-2-1-3-7-11)15-14-16-13-8-4-5-9-18(13)17-14/h1-9,12,19H,10H2,(H,15,17). The third-order valence-corrected chi connectivity index (χ3v) is 2.93. The average molecular weight is 254 g/mol. The first-order valence-corrected chi connectivity index (χ1v) is 6.10. The average Bonchev–Trinajstić information content (AvgIpc) is 2.88. The molecule has 2 heterocycles. The number of fused-ring (bicyclic) bond motifs is 1. The molecule has 0 amide bonds. The summed E-state index contributed by atoms with van der Waals surface area (Å²) in [5.41, 5.74) is 1.78. The Morgan fingerprint density at radius 3 is 2.63 bits per heavy atom. The molecule has 0 bridgehead atoms. The smallest absolute Gasteiger partial charge is 0.243 e. The molecule has 5 heteroatoms. The molecule has 1 unspecified atom stereocenters. The van der Waals surface area contributed by atoms with Crippen LogP contribution in [0.5, 0.6) is 0 Å². The SMILES string of the molecule is OCC(Nc1nc2ccccn2n1)c1ccccc1. The largest absolute Gasteiger partial charge is 0.394 e. The summed E-state index contributed by atoms with van der Waals surface area (Å²) in [5.74, 6) is 0.508. The summed E-state index contributed by atoms with van der Waals surface area (Å²) in [4.78, 5) is 4.36. The van der Waals surface area contributed by atoms with Crippen LogP contribution in [0, 0.1) is 0 Å². The molecule has 2 N–H and O–H groups in total. The highest BCUT2D eigenvalue weighted by atomic mass is 16.3. The second kappa shape index (κ2) is 5.07. The van der Waals surface area contributed by atoms with Crippen LogP contribution in [0.4, 0.5) is 5.95 Å². The number of nitrogens with zero attached hydrogens (tertiary/aromatic N) is 3. The maximum absolute atomic E-state index is 9.49. The van der Waals surface area contributed by atoms with Crippen molar-refractivity contribution in [1.29, 1.82) is 0 Å². The zero-order valence-electron chi connectivity index (χ0n) is 10.3. The van der Waals surface area contributed by atoms with Gasteiger partial charge in [-0.2, -0.15) is 4.98 Å². The number of hydrogen-bond acceptors (Lipinski definition) is 4. The van der Waals surface area contributed by atoms with Crippen LogP contribution >= 0.6 is 0 Å². The second-order valence-electron chi connectivity index (χ2n) is 4.23. The predicted molar refractivity (Wildman–Crippen MR) is 72.9 cm³/mol. The molecule has 0 saturated carbocycles. The van der Waals surface area contributed by atoms with Crippen molar-refractivity contribution in [3.63, 3.8) is 0 Å². The molecule has 5 nitrogen and oxygen atoms in total. The van der Waals surface area contributed by atoms with E-state index in [0.717, 1.165) is 11.2 Å². The van der Waals surface area contributed by atoms with Crippen LogP contribution < -0.4 is 5.32 Å². The molecule has 3 aromatic rings. The van der Waals surface area contributed by atoms with Gasteiger partial charge in [0.15, 0.2) is 5.65 Å². The van der Waals surface area contributed by atoms with E-state index in [2.05, 4.69) is 15.4 Å². The van der Waals surface area contributed by atoms with Crippen LogP contribution in [0.25, 0.3) is 5.65 Å². The van der Waals surface area contributed by atoms with Gasteiger partial charge in [0.2, 0.25) is 5.95 Å². The van der Waals surface area contributed by atoms with Crippen LogP contribution in [0.1, 0.15) is 11.6 Å². The molecule has 0 radical (unpaired) electrons. The molecule has 3 rings (SSSR count). The molecule has 0 saturated heterocycles. The molecule has 1 atom stereocenters. The van der Waals surface area contributed by atoms with Crippen LogP contribution in [-0.4, -0.2) is 26.3 Å². The first-order valence-electron chi connectivity index (χ1n) is 6.10. The van der Waals surface area contributed by atoms with E-state index >= 15 is 0 Å². The van der Waals surface area contributed by atoms with Gasteiger partial charge >= 0.3 is 0 Å². The fourth-order valence-electron chi connectivity index (χ4n) is 1.97. The minimum Gasteiger partial charge on any atom is -0.394 e. The van der Waals surface area contributed by atoms with E-state index in [9.17, 15) is 5.11 Å². The fourth-order valence-corrected chi connectivity index (χ4v) is 1.97. The third-order valence-electron chi connectivity index (χ3n) is 2.93. The van der Waals surface area contributed by atoms with Crippen molar-refractivity contribution < 1.29 is 5.11 Å². The van der Waals surface area contributed by atoms with Crippen molar-refractivity contribution in [2.24, 2.45) is 0 Å². The van der Waals surface area contributed by atoms with E-state index in [0.29, 0.717) is 5.95 Å². The lowest BCUT2D eigenvalue weighted by Crippen LogP contribution is -2.15. The van der Waals surface area contributed by atoms with E-state index in [-0.39, 0.29) is 12.6 Å². The lowest BCUT2D eigenvalue weighted by atomic mass is 10.1. The zero-order chi connectivity index (χ0) is 13.1. The summed E-state index contributed by atoms with van der Waals surface area (Å²) in [7, 11) is 0. The Hall–Kier alpha value is -2.40. The Morgan fingerprint density at radius 1 is 1.11 bits per heavy atom. The maximum Gasteiger partial charge on any atom is 0.243 e. The van der Waals surface area contributed by atoms with Gasteiger partial charge in [0.1, 0.15) is 0 Å². The zero-order valence-corrected chi connectivity index (χ0v) is 10.3. The molecule has 0 fully saturated rings. The summed E-state index contributed by atoms with van der Waals surface area (Å²) in [6, 6.07) is 15.2. The number of benzene rings is 1. The van der Waals surface area contributed by atoms with Gasteiger partial charge in [-0.05, 0) is 17.7 Å². The number of nitrogens with one attached hydrogen (secondary N) is 1. The fraction of sp³-hybridized carbons (Fsp3) is 0.143. The predicted octanol–water partition coefficient (Wildman–Crippen LogP) is 1.87. The number of aliphatic hydroxyl groups is 1. The number of aromatic nitrogens is 3. The van der Waals surface area contributed by atoms with E-state index < -0.39 is 0 Å². The highest BCUT2D eigenvalue weighted by Gasteiger charge is 2.12. The van der Waals surface area contributed by atoms with E-state index in [1.807, 2.05) is 54.7 Å². The summed E-state index contributed by atoms with van der Waals surface area (Å²) < 4.78 is 1.70. The molecule has 0 spiro atoms. The van der Waals surface area contributed by atoms with Crippen molar-refractivity contribution in [3.05, 3.63) is 60.3 Å². The molecule has 96 valence electrons.